The first-order chi connectivity index (χ1) is 7.75. The Morgan fingerprint density at radius 3 is 2.75 bits per heavy atom. The first-order valence-electron chi connectivity index (χ1n) is 6.85. The van der Waals surface area contributed by atoms with Crippen molar-refractivity contribution in [2.24, 2.45) is 5.92 Å². The van der Waals surface area contributed by atoms with Crippen LogP contribution in [0.1, 0.15) is 25.7 Å². The van der Waals surface area contributed by atoms with Gasteiger partial charge in [0.1, 0.15) is 0 Å². The zero-order valence-electron chi connectivity index (χ0n) is 10.9. The molecule has 0 spiro atoms. The van der Waals surface area contributed by atoms with Gasteiger partial charge in [-0.25, -0.2) is 0 Å². The van der Waals surface area contributed by atoms with Crippen LogP contribution >= 0.6 is 0 Å². The zero-order chi connectivity index (χ0) is 11.4. The second-order valence-corrected chi connectivity index (χ2v) is 5.74. The van der Waals surface area contributed by atoms with Crippen molar-refractivity contribution >= 4 is 0 Å². The van der Waals surface area contributed by atoms with Crippen molar-refractivity contribution in [2.75, 3.05) is 46.8 Å². The molecule has 1 aliphatic carbocycles. The quantitative estimate of drug-likeness (QED) is 0.653. The summed E-state index contributed by atoms with van der Waals surface area (Å²) in [5, 5.41) is 3.59. The lowest BCUT2D eigenvalue weighted by molar-refractivity contribution is 0.208. The van der Waals surface area contributed by atoms with E-state index in [0.717, 1.165) is 12.0 Å². The molecule has 3 nitrogen and oxygen atoms in total. The van der Waals surface area contributed by atoms with Crippen LogP contribution in [0.15, 0.2) is 0 Å². The average molecular weight is 225 g/mol. The molecular formula is C13H27N3. The Bertz CT molecular complexity index is 201. The highest BCUT2D eigenvalue weighted by molar-refractivity contribution is 4.82. The maximum Gasteiger partial charge on any atom is 0.0223 e. The van der Waals surface area contributed by atoms with Crippen molar-refractivity contribution in [1.29, 1.82) is 0 Å². The number of hydrogen-bond acceptors (Lipinski definition) is 3. The predicted octanol–water partition coefficient (Wildman–Crippen LogP) is 1.01. The number of likely N-dealkylation sites (tertiary alicyclic amines) is 1. The summed E-state index contributed by atoms with van der Waals surface area (Å²) in [5.41, 5.74) is 0. The number of nitrogens with zero attached hydrogens (tertiary/aromatic N) is 2. The predicted molar refractivity (Wildman–Crippen MR) is 68.7 cm³/mol. The van der Waals surface area contributed by atoms with Crippen LogP contribution in [0.4, 0.5) is 0 Å². The molecule has 0 amide bonds. The first kappa shape index (κ1) is 12.3. The van der Waals surface area contributed by atoms with Gasteiger partial charge < -0.3 is 10.2 Å². The minimum absolute atomic E-state index is 0.803. The van der Waals surface area contributed by atoms with E-state index in [9.17, 15) is 0 Å². The van der Waals surface area contributed by atoms with Gasteiger partial charge in [-0.05, 0) is 58.8 Å². The van der Waals surface area contributed by atoms with Crippen LogP contribution in [0.25, 0.3) is 0 Å². The van der Waals surface area contributed by atoms with Crippen molar-refractivity contribution in [3.8, 4) is 0 Å². The highest BCUT2D eigenvalue weighted by atomic mass is 15.2. The Balaban J connectivity index is 1.58. The molecule has 0 aromatic carbocycles. The van der Waals surface area contributed by atoms with Crippen LogP contribution in [0.3, 0.4) is 0 Å². The molecule has 2 rings (SSSR count). The molecule has 0 bridgehead atoms. The van der Waals surface area contributed by atoms with Crippen molar-refractivity contribution in [1.82, 2.24) is 15.1 Å². The molecule has 0 aromatic heterocycles. The number of rotatable bonds is 7. The third-order valence-electron chi connectivity index (χ3n) is 3.78. The number of nitrogens with one attached hydrogen (secondary N) is 1. The molecule has 2 fully saturated rings. The van der Waals surface area contributed by atoms with Gasteiger partial charge in [0.2, 0.25) is 0 Å². The van der Waals surface area contributed by atoms with Crippen LogP contribution in [-0.4, -0.2) is 62.7 Å². The molecule has 2 aliphatic rings. The molecule has 1 heterocycles. The second kappa shape index (κ2) is 5.99. The lowest BCUT2D eigenvalue weighted by Crippen LogP contribution is -2.41. The molecule has 3 heteroatoms. The minimum Gasteiger partial charge on any atom is -0.315 e. The molecule has 16 heavy (non-hydrogen) atoms. The molecular weight excluding hydrogens is 198 g/mol. The van der Waals surface area contributed by atoms with Crippen molar-refractivity contribution in [2.45, 2.75) is 31.7 Å². The van der Waals surface area contributed by atoms with E-state index in [1.54, 1.807) is 0 Å². The zero-order valence-corrected chi connectivity index (χ0v) is 10.9. The Kier molecular flexibility index (Phi) is 4.62. The molecule has 1 unspecified atom stereocenters. The van der Waals surface area contributed by atoms with E-state index in [-0.39, 0.29) is 0 Å². The van der Waals surface area contributed by atoms with Gasteiger partial charge >= 0.3 is 0 Å². The van der Waals surface area contributed by atoms with Crippen molar-refractivity contribution in [3.63, 3.8) is 0 Å². The first-order valence-corrected chi connectivity index (χ1v) is 6.85. The van der Waals surface area contributed by atoms with Crippen LogP contribution in [0, 0.1) is 5.92 Å². The highest BCUT2D eigenvalue weighted by Crippen LogP contribution is 2.27. The molecule has 0 radical (unpaired) electrons. The molecule has 1 N–H and O–H groups in total. The summed E-state index contributed by atoms with van der Waals surface area (Å²) < 4.78 is 0. The van der Waals surface area contributed by atoms with E-state index < -0.39 is 0 Å². The Morgan fingerprint density at radius 2 is 2.06 bits per heavy atom. The van der Waals surface area contributed by atoms with Crippen molar-refractivity contribution in [3.05, 3.63) is 0 Å². The van der Waals surface area contributed by atoms with E-state index >= 15 is 0 Å². The van der Waals surface area contributed by atoms with Crippen LogP contribution in [0.2, 0.25) is 0 Å². The molecule has 1 aliphatic heterocycles. The SMILES string of the molecule is CN(C)CC1CCCN1CCNCC1CC1. The Labute approximate surface area is 100 Å². The van der Waals surface area contributed by atoms with Crippen LogP contribution < -0.4 is 5.32 Å². The standard InChI is InChI=1S/C13H27N3/c1-15(2)11-13-4-3-8-16(13)9-7-14-10-12-5-6-12/h12-14H,3-11H2,1-2H3. The van der Waals surface area contributed by atoms with E-state index in [4.69, 9.17) is 0 Å². The fourth-order valence-corrected chi connectivity index (χ4v) is 2.67. The number of hydrogen-bond donors (Lipinski definition) is 1. The fraction of sp³-hybridized carbons (Fsp3) is 1.00. The van der Waals surface area contributed by atoms with E-state index in [1.807, 2.05) is 0 Å². The van der Waals surface area contributed by atoms with Gasteiger partial charge in [0.25, 0.3) is 0 Å². The minimum atomic E-state index is 0.803. The molecule has 94 valence electrons. The van der Waals surface area contributed by atoms with E-state index in [2.05, 4.69) is 29.2 Å². The Hall–Kier alpha value is -0.120. The highest BCUT2D eigenvalue weighted by Gasteiger charge is 2.24. The largest absolute Gasteiger partial charge is 0.315 e. The topological polar surface area (TPSA) is 18.5 Å². The average Bonchev–Trinajstić information content (AvgIpc) is 2.95. The van der Waals surface area contributed by atoms with Gasteiger partial charge in [-0.2, -0.15) is 0 Å². The fourth-order valence-electron chi connectivity index (χ4n) is 2.67. The summed E-state index contributed by atoms with van der Waals surface area (Å²) in [6.07, 6.45) is 5.70. The Morgan fingerprint density at radius 1 is 1.25 bits per heavy atom. The number of likely N-dealkylation sites (N-methyl/N-ethyl adjacent to an activating group) is 1. The summed E-state index contributed by atoms with van der Waals surface area (Å²) in [4.78, 5) is 4.99. The smallest absolute Gasteiger partial charge is 0.0223 e. The van der Waals surface area contributed by atoms with Crippen molar-refractivity contribution < 1.29 is 0 Å². The van der Waals surface area contributed by atoms with Gasteiger partial charge in [0.15, 0.2) is 0 Å². The molecule has 1 atom stereocenters. The second-order valence-electron chi connectivity index (χ2n) is 5.74. The summed E-state index contributed by atoms with van der Waals surface area (Å²) >= 11 is 0. The van der Waals surface area contributed by atoms with Gasteiger partial charge in [0.05, 0.1) is 0 Å². The van der Waals surface area contributed by atoms with Crippen LogP contribution in [0.5, 0.6) is 0 Å². The summed E-state index contributed by atoms with van der Waals surface area (Å²) in [6, 6.07) is 0.803. The van der Waals surface area contributed by atoms with Gasteiger partial charge in [-0.3, -0.25) is 4.90 Å². The molecule has 0 aromatic rings. The van der Waals surface area contributed by atoms with E-state index in [1.165, 1.54) is 58.4 Å². The lowest BCUT2D eigenvalue weighted by atomic mass is 10.2. The lowest BCUT2D eigenvalue weighted by Gasteiger charge is -2.27. The monoisotopic (exact) mass is 225 g/mol. The van der Waals surface area contributed by atoms with E-state index in [0.29, 0.717) is 0 Å². The normalized spacial score (nSPS) is 26.8. The molecule has 1 saturated heterocycles. The summed E-state index contributed by atoms with van der Waals surface area (Å²) in [5.74, 6) is 1.01. The maximum absolute atomic E-state index is 3.59. The van der Waals surface area contributed by atoms with Gasteiger partial charge in [0, 0.05) is 25.7 Å². The molecule has 1 saturated carbocycles. The maximum atomic E-state index is 3.59. The third kappa shape index (κ3) is 4.04. The summed E-state index contributed by atoms with van der Waals surface area (Å²) in [6.45, 7) is 6.21. The van der Waals surface area contributed by atoms with Gasteiger partial charge in [-0.1, -0.05) is 0 Å². The van der Waals surface area contributed by atoms with Gasteiger partial charge in [-0.15, -0.1) is 0 Å². The van der Waals surface area contributed by atoms with Crippen LogP contribution in [-0.2, 0) is 0 Å². The summed E-state index contributed by atoms with van der Waals surface area (Å²) in [7, 11) is 4.36. The third-order valence-corrected chi connectivity index (χ3v) is 3.78.